The lowest BCUT2D eigenvalue weighted by molar-refractivity contribution is -0.385. The van der Waals surface area contributed by atoms with Gasteiger partial charge in [-0.1, -0.05) is 0 Å². The van der Waals surface area contributed by atoms with Crippen LogP contribution < -0.4 is 20.1 Å². The Morgan fingerprint density at radius 1 is 1.36 bits per heavy atom. The Kier molecular flexibility index (Phi) is 8.29. The number of nitrogens with one attached hydrogen (secondary N) is 2. The number of rotatable bonds is 6. The van der Waals surface area contributed by atoms with Crippen LogP contribution in [0, 0.1) is 10.1 Å². The first-order valence-electron chi connectivity index (χ1n) is 8.77. The van der Waals surface area contributed by atoms with E-state index in [9.17, 15) is 10.1 Å². The summed E-state index contributed by atoms with van der Waals surface area (Å²) < 4.78 is 12.8. The zero-order valence-corrected chi connectivity index (χ0v) is 17.8. The van der Waals surface area contributed by atoms with Gasteiger partial charge in [-0.05, 0) is 19.1 Å². The van der Waals surface area contributed by atoms with Gasteiger partial charge in [0.05, 0.1) is 31.2 Å². The molecule has 0 aliphatic carbocycles. The van der Waals surface area contributed by atoms with Gasteiger partial charge in [-0.2, -0.15) is 5.10 Å². The standard InChI is InChI=1S/C17H22N6O4.HI/c1-2-18-17(19-6-7-22-12-14(11-20-22)23(24)25)21-13-4-5-15-16(10-13)27-9-3-8-26-15;/h4-5,10-12H,2-3,6-9H2,1H3,(H2,18,19,21);1H. The number of benzene rings is 1. The molecule has 1 aromatic carbocycles. The van der Waals surface area contributed by atoms with Crippen molar-refractivity contribution in [3.63, 3.8) is 0 Å². The van der Waals surface area contributed by atoms with E-state index in [1.165, 1.54) is 17.1 Å². The van der Waals surface area contributed by atoms with Gasteiger partial charge in [0.25, 0.3) is 0 Å². The fourth-order valence-electron chi connectivity index (χ4n) is 2.52. The summed E-state index contributed by atoms with van der Waals surface area (Å²) in [6.07, 6.45) is 3.47. The minimum Gasteiger partial charge on any atom is -0.490 e. The molecule has 2 N–H and O–H groups in total. The van der Waals surface area contributed by atoms with E-state index in [2.05, 4.69) is 20.7 Å². The highest BCUT2D eigenvalue weighted by Crippen LogP contribution is 2.32. The molecule has 0 unspecified atom stereocenters. The molecule has 2 heterocycles. The number of nitrogens with zero attached hydrogens (tertiary/aromatic N) is 4. The van der Waals surface area contributed by atoms with Gasteiger partial charge in [-0.15, -0.1) is 24.0 Å². The molecule has 1 aliphatic rings. The zero-order valence-electron chi connectivity index (χ0n) is 15.5. The predicted molar refractivity (Wildman–Crippen MR) is 116 cm³/mol. The van der Waals surface area contributed by atoms with Gasteiger partial charge in [0.1, 0.15) is 12.4 Å². The van der Waals surface area contributed by atoms with Gasteiger partial charge in [0.15, 0.2) is 17.5 Å². The van der Waals surface area contributed by atoms with Crippen LogP contribution in [0.4, 0.5) is 11.4 Å². The molecule has 152 valence electrons. The van der Waals surface area contributed by atoms with Crippen LogP contribution >= 0.6 is 24.0 Å². The molecular formula is C17H23IN6O4. The van der Waals surface area contributed by atoms with E-state index in [1.807, 2.05) is 25.1 Å². The Balaban J connectivity index is 0.00000280. The molecule has 2 aromatic rings. The number of nitro groups is 1. The molecule has 1 aliphatic heterocycles. The highest BCUT2D eigenvalue weighted by molar-refractivity contribution is 14.0. The maximum Gasteiger partial charge on any atom is 0.306 e. The highest BCUT2D eigenvalue weighted by atomic mass is 127. The number of fused-ring (bicyclic) bond motifs is 1. The predicted octanol–water partition coefficient (Wildman–Crippen LogP) is 2.65. The van der Waals surface area contributed by atoms with Gasteiger partial charge in [-0.3, -0.25) is 19.8 Å². The summed E-state index contributed by atoms with van der Waals surface area (Å²) in [5, 5.41) is 21.0. The van der Waals surface area contributed by atoms with Crippen LogP contribution in [-0.4, -0.2) is 47.0 Å². The van der Waals surface area contributed by atoms with E-state index in [-0.39, 0.29) is 29.7 Å². The fraction of sp³-hybridized carbons (Fsp3) is 0.412. The summed E-state index contributed by atoms with van der Waals surface area (Å²) in [5.74, 6) is 2.05. The molecule has 0 saturated carbocycles. The molecule has 10 nitrogen and oxygen atoms in total. The summed E-state index contributed by atoms with van der Waals surface area (Å²) in [4.78, 5) is 14.7. The molecule has 0 bridgehead atoms. The van der Waals surface area contributed by atoms with Crippen LogP contribution in [0.15, 0.2) is 35.6 Å². The number of guanidine groups is 1. The Morgan fingerprint density at radius 2 is 2.14 bits per heavy atom. The molecule has 0 amide bonds. The average molecular weight is 502 g/mol. The second-order valence-corrected chi connectivity index (χ2v) is 5.82. The third-order valence-electron chi connectivity index (χ3n) is 3.78. The number of aliphatic imine (C=N–C) groups is 1. The second-order valence-electron chi connectivity index (χ2n) is 5.82. The molecule has 0 fully saturated rings. The first-order valence-corrected chi connectivity index (χ1v) is 8.77. The topological polar surface area (TPSA) is 116 Å². The van der Waals surface area contributed by atoms with Crippen LogP contribution in [0.5, 0.6) is 11.5 Å². The number of halogens is 1. The summed E-state index contributed by atoms with van der Waals surface area (Å²) >= 11 is 0. The van der Waals surface area contributed by atoms with Crippen molar-refractivity contribution in [1.82, 2.24) is 15.1 Å². The van der Waals surface area contributed by atoms with Crippen molar-refractivity contribution in [2.75, 3.05) is 31.6 Å². The van der Waals surface area contributed by atoms with Gasteiger partial charge in [0.2, 0.25) is 0 Å². The van der Waals surface area contributed by atoms with Gasteiger partial charge >= 0.3 is 5.69 Å². The summed E-state index contributed by atoms with van der Waals surface area (Å²) in [5.41, 5.74) is 0.796. The molecule has 0 atom stereocenters. The largest absolute Gasteiger partial charge is 0.490 e. The van der Waals surface area contributed by atoms with E-state index in [0.29, 0.717) is 44.6 Å². The Hall–Kier alpha value is -2.57. The summed E-state index contributed by atoms with van der Waals surface area (Å²) in [7, 11) is 0. The number of hydrogen-bond acceptors (Lipinski definition) is 6. The summed E-state index contributed by atoms with van der Waals surface area (Å²) in [6.45, 7) is 4.80. The molecule has 0 spiro atoms. The van der Waals surface area contributed by atoms with Crippen molar-refractivity contribution >= 4 is 41.3 Å². The fourth-order valence-corrected chi connectivity index (χ4v) is 2.52. The monoisotopic (exact) mass is 502 g/mol. The van der Waals surface area contributed by atoms with E-state index >= 15 is 0 Å². The molecule has 0 saturated heterocycles. The van der Waals surface area contributed by atoms with Gasteiger partial charge < -0.3 is 20.1 Å². The van der Waals surface area contributed by atoms with Crippen molar-refractivity contribution in [1.29, 1.82) is 0 Å². The van der Waals surface area contributed by atoms with E-state index in [1.54, 1.807) is 0 Å². The van der Waals surface area contributed by atoms with Crippen LogP contribution in [0.1, 0.15) is 13.3 Å². The van der Waals surface area contributed by atoms with Crippen molar-refractivity contribution in [2.45, 2.75) is 19.9 Å². The molecule has 28 heavy (non-hydrogen) atoms. The van der Waals surface area contributed by atoms with Crippen molar-refractivity contribution < 1.29 is 14.4 Å². The Labute approximate surface area is 179 Å². The Bertz CT molecular complexity index is 826. The average Bonchev–Trinajstić information content (AvgIpc) is 3.00. The smallest absolute Gasteiger partial charge is 0.306 e. The van der Waals surface area contributed by atoms with Gasteiger partial charge in [-0.25, -0.2) is 0 Å². The summed E-state index contributed by atoms with van der Waals surface area (Å²) in [6, 6.07) is 5.65. The first kappa shape index (κ1) is 21.7. The lowest BCUT2D eigenvalue weighted by Crippen LogP contribution is -2.31. The van der Waals surface area contributed by atoms with E-state index in [0.717, 1.165) is 17.9 Å². The van der Waals surface area contributed by atoms with Crippen LogP contribution in [-0.2, 0) is 6.54 Å². The molecule has 3 rings (SSSR count). The molecule has 1 aromatic heterocycles. The van der Waals surface area contributed by atoms with Crippen molar-refractivity contribution in [3.8, 4) is 11.5 Å². The Morgan fingerprint density at radius 3 is 2.86 bits per heavy atom. The molecule has 0 radical (unpaired) electrons. The minimum absolute atomic E-state index is 0. The molecule has 11 heteroatoms. The third-order valence-corrected chi connectivity index (χ3v) is 3.78. The SMILES string of the molecule is CCNC(=NCCn1cc([N+](=O)[O-])cn1)Nc1ccc2c(c1)OCCCO2.I. The minimum atomic E-state index is -0.470. The van der Waals surface area contributed by atoms with E-state index < -0.39 is 4.92 Å². The number of hydrogen-bond donors (Lipinski definition) is 2. The highest BCUT2D eigenvalue weighted by Gasteiger charge is 2.11. The van der Waals surface area contributed by atoms with Crippen molar-refractivity contribution in [2.24, 2.45) is 4.99 Å². The van der Waals surface area contributed by atoms with Crippen LogP contribution in [0.25, 0.3) is 0 Å². The quantitative estimate of drug-likeness (QED) is 0.205. The second kappa shape index (κ2) is 10.7. The lowest BCUT2D eigenvalue weighted by atomic mass is 10.3. The first-order chi connectivity index (χ1) is 13.2. The van der Waals surface area contributed by atoms with E-state index in [4.69, 9.17) is 9.47 Å². The van der Waals surface area contributed by atoms with Crippen molar-refractivity contribution in [3.05, 3.63) is 40.7 Å². The maximum absolute atomic E-state index is 10.7. The number of aromatic nitrogens is 2. The number of anilines is 1. The normalized spacial score (nSPS) is 13.2. The zero-order chi connectivity index (χ0) is 19.1. The lowest BCUT2D eigenvalue weighted by Gasteiger charge is -2.13. The maximum atomic E-state index is 10.7. The third kappa shape index (κ3) is 5.97. The van der Waals surface area contributed by atoms with Crippen LogP contribution in [0.2, 0.25) is 0 Å². The van der Waals surface area contributed by atoms with Gasteiger partial charge in [0, 0.05) is 24.7 Å². The molecular weight excluding hydrogens is 479 g/mol. The van der Waals surface area contributed by atoms with Crippen LogP contribution in [0.3, 0.4) is 0 Å². The number of ether oxygens (including phenoxy) is 2.